The SMILES string of the molecule is Cc1nccc(-c2ccccc2)c1C(=O)N1C[C@@H]2C[C@H](C1)[C@@H]1CCCC(=O)N[C@H](C)C(=O)N[C@@H](Cc3ccccc3)C(=O)N1C2. The average Bonchev–Trinajstić information content (AvgIpc) is 3.04. The molecule has 4 heterocycles. The summed E-state index contributed by atoms with van der Waals surface area (Å²) in [6, 6.07) is 19.8. The lowest BCUT2D eigenvalue weighted by Gasteiger charge is -2.51. The number of aromatic nitrogens is 1. The summed E-state index contributed by atoms with van der Waals surface area (Å²) < 4.78 is 0. The first-order chi connectivity index (χ1) is 21.8. The lowest BCUT2D eigenvalue weighted by Crippen LogP contribution is -2.64. The molecule has 9 heteroatoms. The molecule has 3 aliphatic heterocycles. The summed E-state index contributed by atoms with van der Waals surface area (Å²) in [4.78, 5) is 62.9. The number of amides is 4. The van der Waals surface area contributed by atoms with Crippen LogP contribution in [0.1, 0.15) is 54.2 Å². The van der Waals surface area contributed by atoms with E-state index in [1.807, 2.05) is 83.5 Å². The van der Waals surface area contributed by atoms with E-state index < -0.39 is 12.1 Å². The van der Waals surface area contributed by atoms with Crippen LogP contribution in [0.15, 0.2) is 72.9 Å². The van der Waals surface area contributed by atoms with Crippen molar-refractivity contribution >= 4 is 23.6 Å². The van der Waals surface area contributed by atoms with Gasteiger partial charge in [-0.15, -0.1) is 0 Å². The number of pyridine rings is 1. The Labute approximate surface area is 264 Å². The summed E-state index contributed by atoms with van der Waals surface area (Å²) in [5.41, 5.74) is 4.10. The highest BCUT2D eigenvalue weighted by atomic mass is 16.2. The number of carbonyl (C=O) groups excluding carboxylic acids is 4. The molecule has 0 radical (unpaired) electrons. The van der Waals surface area contributed by atoms with Crippen LogP contribution in [0.25, 0.3) is 11.1 Å². The molecule has 9 nitrogen and oxygen atoms in total. The number of hydrogen-bond donors (Lipinski definition) is 2. The fraction of sp³-hybridized carbons (Fsp3) is 0.417. The van der Waals surface area contributed by atoms with Gasteiger partial charge in [0.15, 0.2) is 0 Å². The first-order valence-electron chi connectivity index (χ1n) is 16.0. The molecule has 45 heavy (non-hydrogen) atoms. The molecular formula is C36H41N5O4. The normalized spacial score (nSPS) is 25.7. The minimum Gasteiger partial charge on any atom is -0.345 e. The Bertz CT molecular complexity index is 1560. The van der Waals surface area contributed by atoms with Crippen molar-refractivity contribution in [2.75, 3.05) is 19.6 Å². The second kappa shape index (κ2) is 13.2. The molecule has 3 aliphatic rings. The molecule has 6 rings (SSSR count). The first kappa shape index (κ1) is 30.5. The minimum absolute atomic E-state index is 0.0373. The summed E-state index contributed by atoms with van der Waals surface area (Å²) in [5, 5.41) is 5.75. The van der Waals surface area contributed by atoms with E-state index in [0.717, 1.165) is 23.1 Å². The number of carbonyl (C=O) groups is 4. The van der Waals surface area contributed by atoms with E-state index in [4.69, 9.17) is 0 Å². The van der Waals surface area contributed by atoms with Crippen LogP contribution in [0.3, 0.4) is 0 Å². The van der Waals surface area contributed by atoms with E-state index in [9.17, 15) is 19.2 Å². The third-order valence-corrected chi connectivity index (χ3v) is 9.55. The predicted octanol–water partition coefficient (Wildman–Crippen LogP) is 3.76. The number of nitrogens with zero attached hydrogens (tertiary/aromatic N) is 3. The summed E-state index contributed by atoms with van der Waals surface area (Å²) in [6.45, 7) is 5.10. The molecule has 234 valence electrons. The Morgan fingerprint density at radius 3 is 2.42 bits per heavy atom. The lowest BCUT2D eigenvalue weighted by molar-refractivity contribution is -0.145. The Balaban J connectivity index is 1.29. The van der Waals surface area contributed by atoms with E-state index in [-0.39, 0.29) is 47.9 Å². The summed E-state index contributed by atoms with van der Waals surface area (Å²) in [7, 11) is 0. The van der Waals surface area contributed by atoms with Gasteiger partial charge in [0.05, 0.1) is 11.3 Å². The van der Waals surface area contributed by atoms with Gasteiger partial charge in [-0.05, 0) is 67.7 Å². The second-order valence-electron chi connectivity index (χ2n) is 12.7. The number of fused-ring (bicyclic) bond motifs is 4. The summed E-state index contributed by atoms with van der Waals surface area (Å²) >= 11 is 0. The zero-order valence-corrected chi connectivity index (χ0v) is 25.9. The highest BCUT2D eigenvalue weighted by Gasteiger charge is 2.45. The van der Waals surface area contributed by atoms with Gasteiger partial charge in [-0.3, -0.25) is 24.2 Å². The van der Waals surface area contributed by atoms with Gasteiger partial charge in [0.2, 0.25) is 17.7 Å². The molecule has 3 fully saturated rings. The van der Waals surface area contributed by atoms with E-state index in [2.05, 4.69) is 15.6 Å². The minimum atomic E-state index is -0.760. The van der Waals surface area contributed by atoms with Crippen LogP contribution < -0.4 is 10.6 Å². The molecule has 0 unspecified atom stereocenters. The lowest BCUT2D eigenvalue weighted by atomic mass is 9.76. The Morgan fingerprint density at radius 1 is 0.933 bits per heavy atom. The molecule has 1 aromatic heterocycles. The molecule has 2 N–H and O–H groups in total. The van der Waals surface area contributed by atoms with Crippen molar-refractivity contribution in [2.24, 2.45) is 11.8 Å². The Morgan fingerprint density at radius 2 is 1.67 bits per heavy atom. The topological polar surface area (TPSA) is 112 Å². The molecule has 2 bridgehead atoms. The molecule has 2 aromatic carbocycles. The van der Waals surface area contributed by atoms with Gasteiger partial charge in [0.25, 0.3) is 5.91 Å². The van der Waals surface area contributed by atoms with E-state index in [1.54, 1.807) is 13.1 Å². The Hall–Kier alpha value is -4.53. The molecule has 0 aliphatic carbocycles. The maximum atomic E-state index is 14.4. The van der Waals surface area contributed by atoms with Crippen LogP contribution in [0.4, 0.5) is 0 Å². The number of rotatable bonds is 4. The van der Waals surface area contributed by atoms with Crippen molar-refractivity contribution < 1.29 is 19.2 Å². The van der Waals surface area contributed by atoms with Gasteiger partial charge in [0, 0.05) is 44.7 Å². The maximum Gasteiger partial charge on any atom is 0.256 e. The molecule has 5 atom stereocenters. The van der Waals surface area contributed by atoms with Gasteiger partial charge in [-0.1, -0.05) is 60.7 Å². The second-order valence-corrected chi connectivity index (χ2v) is 12.7. The number of hydrogen-bond acceptors (Lipinski definition) is 5. The number of likely N-dealkylation sites (tertiary alicyclic amines) is 1. The Kier molecular flexibility index (Phi) is 8.96. The standard InChI is InChI=1S/C36H41N5O4/c1-23-33(29(16-17-37-23)27-12-7-4-8-13-27)36(45)40-20-26-18-28(22-40)31-14-9-15-32(42)38-24(2)34(43)39-30(35(44)41(31)21-26)19-25-10-5-3-6-11-25/h3-8,10-13,16-17,24,26,28,30-31H,9,14-15,18-22H2,1-2H3,(H,38,42)(H,39,43)/t24-,26+,28-,30+,31+/m1/s1. The van der Waals surface area contributed by atoms with Crippen molar-refractivity contribution in [1.82, 2.24) is 25.4 Å². The van der Waals surface area contributed by atoms with Gasteiger partial charge in [-0.2, -0.15) is 0 Å². The highest BCUT2D eigenvalue weighted by molar-refractivity contribution is 6.02. The van der Waals surface area contributed by atoms with Crippen molar-refractivity contribution in [2.45, 2.75) is 64.1 Å². The fourth-order valence-electron chi connectivity index (χ4n) is 7.39. The fourth-order valence-corrected chi connectivity index (χ4v) is 7.39. The summed E-state index contributed by atoms with van der Waals surface area (Å²) in [5.74, 6) is -0.520. The molecule has 0 saturated carbocycles. The number of benzene rings is 2. The van der Waals surface area contributed by atoms with Gasteiger partial charge < -0.3 is 20.4 Å². The van der Waals surface area contributed by atoms with Crippen LogP contribution in [0, 0.1) is 18.8 Å². The van der Waals surface area contributed by atoms with Crippen LogP contribution in [0.5, 0.6) is 0 Å². The molecule has 4 amide bonds. The maximum absolute atomic E-state index is 14.4. The third kappa shape index (κ3) is 6.62. The zero-order valence-electron chi connectivity index (χ0n) is 25.9. The molecular weight excluding hydrogens is 566 g/mol. The largest absolute Gasteiger partial charge is 0.345 e. The predicted molar refractivity (Wildman–Crippen MR) is 171 cm³/mol. The monoisotopic (exact) mass is 607 g/mol. The van der Waals surface area contributed by atoms with E-state index in [0.29, 0.717) is 50.2 Å². The van der Waals surface area contributed by atoms with Gasteiger partial charge in [-0.25, -0.2) is 0 Å². The van der Waals surface area contributed by atoms with Gasteiger partial charge >= 0.3 is 0 Å². The van der Waals surface area contributed by atoms with Crippen molar-refractivity contribution in [3.63, 3.8) is 0 Å². The van der Waals surface area contributed by atoms with Crippen LogP contribution in [-0.2, 0) is 20.8 Å². The van der Waals surface area contributed by atoms with Crippen LogP contribution >= 0.6 is 0 Å². The van der Waals surface area contributed by atoms with Gasteiger partial charge in [0.1, 0.15) is 12.1 Å². The van der Waals surface area contributed by atoms with Crippen molar-refractivity contribution in [1.29, 1.82) is 0 Å². The van der Waals surface area contributed by atoms with Crippen molar-refractivity contribution in [3.8, 4) is 11.1 Å². The summed E-state index contributed by atoms with van der Waals surface area (Å²) in [6.07, 6.45) is 4.53. The number of piperidine rings is 2. The number of nitrogens with one attached hydrogen (secondary N) is 2. The van der Waals surface area contributed by atoms with Crippen LogP contribution in [-0.4, -0.2) is 76.2 Å². The first-order valence-corrected chi connectivity index (χ1v) is 16.0. The third-order valence-electron chi connectivity index (χ3n) is 9.55. The smallest absolute Gasteiger partial charge is 0.256 e. The quantitative estimate of drug-likeness (QED) is 0.469. The van der Waals surface area contributed by atoms with E-state index >= 15 is 0 Å². The molecule has 3 saturated heterocycles. The average molecular weight is 608 g/mol. The van der Waals surface area contributed by atoms with E-state index in [1.165, 1.54) is 0 Å². The highest BCUT2D eigenvalue weighted by Crippen LogP contribution is 2.37. The van der Waals surface area contributed by atoms with Crippen LogP contribution in [0.2, 0.25) is 0 Å². The molecule has 3 aromatic rings. The number of aryl methyl sites for hydroxylation is 1. The zero-order chi connectivity index (χ0) is 31.5. The van der Waals surface area contributed by atoms with Crippen molar-refractivity contribution in [3.05, 3.63) is 89.7 Å². The molecule has 0 spiro atoms.